The average molecular weight is 341 g/mol. The third-order valence-corrected chi connectivity index (χ3v) is 4.88. The van der Waals surface area contributed by atoms with Crippen molar-refractivity contribution < 1.29 is 4.74 Å². The molecule has 0 spiro atoms. The molecule has 130 valence electrons. The molecule has 1 aliphatic heterocycles. The molecule has 2 heterocycles. The van der Waals surface area contributed by atoms with Crippen molar-refractivity contribution in [1.29, 1.82) is 0 Å². The highest BCUT2D eigenvalue weighted by molar-refractivity contribution is 5.85. The predicted molar refractivity (Wildman–Crippen MR) is 96.4 cm³/mol. The Labute approximate surface area is 145 Å². The normalized spacial score (nSPS) is 27.5. The summed E-state index contributed by atoms with van der Waals surface area (Å²) in [5.41, 5.74) is 1.27. The number of aromatic nitrogens is 1. The number of nitrogens with one attached hydrogen (secondary N) is 2. The van der Waals surface area contributed by atoms with Crippen LogP contribution in [0.25, 0.3) is 0 Å². The zero-order valence-electron chi connectivity index (χ0n) is 14.1. The SMILES string of the molecule is CN(C)c1ncccc1CNC1CCCC1C1COCCN1.Cl. The summed E-state index contributed by atoms with van der Waals surface area (Å²) in [4.78, 5) is 6.57. The Kier molecular flexibility index (Phi) is 7.09. The fraction of sp³-hybridized carbons (Fsp3) is 0.706. The van der Waals surface area contributed by atoms with Crippen LogP contribution in [0.5, 0.6) is 0 Å². The Morgan fingerprint density at radius 1 is 1.39 bits per heavy atom. The molecule has 0 aromatic carbocycles. The molecule has 1 saturated heterocycles. The zero-order valence-corrected chi connectivity index (χ0v) is 14.9. The summed E-state index contributed by atoms with van der Waals surface area (Å²) in [5, 5.41) is 7.41. The van der Waals surface area contributed by atoms with Crippen molar-refractivity contribution in [3.8, 4) is 0 Å². The van der Waals surface area contributed by atoms with E-state index in [1.807, 2.05) is 26.4 Å². The highest BCUT2D eigenvalue weighted by atomic mass is 35.5. The number of hydrogen-bond donors (Lipinski definition) is 2. The van der Waals surface area contributed by atoms with Gasteiger partial charge in [0.25, 0.3) is 0 Å². The Morgan fingerprint density at radius 3 is 3.00 bits per heavy atom. The minimum absolute atomic E-state index is 0. The predicted octanol–water partition coefficient (Wildman–Crippen LogP) is 1.82. The number of ether oxygens (including phenoxy) is 1. The molecule has 3 rings (SSSR count). The summed E-state index contributed by atoms with van der Waals surface area (Å²) in [7, 11) is 4.10. The molecular formula is C17H29ClN4O. The quantitative estimate of drug-likeness (QED) is 0.856. The first-order valence-corrected chi connectivity index (χ1v) is 8.41. The Balaban J connectivity index is 0.00000192. The van der Waals surface area contributed by atoms with Gasteiger partial charge >= 0.3 is 0 Å². The minimum Gasteiger partial charge on any atom is -0.379 e. The number of anilines is 1. The summed E-state index contributed by atoms with van der Waals surface area (Å²) >= 11 is 0. The molecule has 23 heavy (non-hydrogen) atoms. The van der Waals surface area contributed by atoms with E-state index in [9.17, 15) is 0 Å². The third kappa shape index (κ3) is 4.57. The fourth-order valence-corrected chi connectivity index (χ4v) is 3.80. The van der Waals surface area contributed by atoms with E-state index in [0.717, 1.165) is 32.1 Å². The number of halogens is 1. The minimum atomic E-state index is 0. The first-order chi connectivity index (χ1) is 10.8. The summed E-state index contributed by atoms with van der Waals surface area (Å²) in [6.07, 6.45) is 5.74. The van der Waals surface area contributed by atoms with Crippen molar-refractivity contribution in [3.63, 3.8) is 0 Å². The van der Waals surface area contributed by atoms with E-state index in [1.54, 1.807) is 0 Å². The molecule has 1 aromatic rings. The molecule has 1 saturated carbocycles. The van der Waals surface area contributed by atoms with Crippen LogP contribution < -0.4 is 15.5 Å². The number of rotatable bonds is 5. The van der Waals surface area contributed by atoms with Crippen molar-refractivity contribution in [3.05, 3.63) is 23.9 Å². The summed E-state index contributed by atoms with van der Waals surface area (Å²) in [6, 6.07) is 5.28. The van der Waals surface area contributed by atoms with Crippen molar-refractivity contribution in [1.82, 2.24) is 15.6 Å². The van der Waals surface area contributed by atoms with E-state index in [-0.39, 0.29) is 12.4 Å². The molecule has 3 unspecified atom stereocenters. The van der Waals surface area contributed by atoms with Crippen molar-refractivity contribution in [2.75, 3.05) is 38.8 Å². The van der Waals surface area contributed by atoms with Crippen LogP contribution in [0.1, 0.15) is 24.8 Å². The molecule has 6 heteroatoms. The molecule has 0 amide bonds. The van der Waals surface area contributed by atoms with Gasteiger partial charge in [-0.2, -0.15) is 0 Å². The number of morpholine rings is 1. The zero-order chi connectivity index (χ0) is 15.4. The van der Waals surface area contributed by atoms with Gasteiger partial charge in [-0.25, -0.2) is 4.98 Å². The van der Waals surface area contributed by atoms with Gasteiger partial charge in [-0.1, -0.05) is 12.5 Å². The lowest BCUT2D eigenvalue weighted by Gasteiger charge is -2.33. The van der Waals surface area contributed by atoms with Crippen LogP contribution in [0, 0.1) is 5.92 Å². The van der Waals surface area contributed by atoms with Crippen LogP contribution in [0.15, 0.2) is 18.3 Å². The van der Waals surface area contributed by atoms with Crippen LogP contribution in [0.2, 0.25) is 0 Å². The molecule has 2 N–H and O–H groups in total. The topological polar surface area (TPSA) is 49.4 Å². The molecule has 5 nitrogen and oxygen atoms in total. The van der Waals surface area contributed by atoms with Gasteiger partial charge in [0.15, 0.2) is 0 Å². The van der Waals surface area contributed by atoms with Crippen LogP contribution >= 0.6 is 12.4 Å². The molecule has 1 aromatic heterocycles. The molecule has 1 aliphatic carbocycles. The van der Waals surface area contributed by atoms with Gasteiger partial charge in [-0.3, -0.25) is 0 Å². The number of nitrogens with zero attached hydrogens (tertiary/aromatic N) is 2. The maximum atomic E-state index is 5.65. The van der Waals surface area contributed by atoms with Gasteiger partial charge < -0.3 is 20.3 Å². The number of pyridine rings is 1. The van der Waals surface area contributed by atoms with Crippen molar-refractivity contribution in [2.24, 2.45) is 5.92 Å². The summed E-state index contributed by atoms with van der Waals surface area (Å²) in [5.74, 6) is 1.74. The van der Waals surface area contributed by atoms with Gasteiger partial charge in [-0.15, -0.1) is 12.4 Å². The molecule has 0 radical (unpaired) electrons. The lowest BCUT2D eigenvalue weighted by molar-refractivity contribution is 0.0524. The lowest BCUT2D eigenvalue weighted by Crippen LogP contribution is -2.50. The summed E-state index contributed by atoms with van der Waals surface area (Å²) < 4.78 is 5.65. The Hall–Kier alpha value is -0.880. The fourth-order valence-electron chi connectivity index (χ4n) is 3.80. The van der Waals surface area contributed by atoms with Gasteiger partial charge in [0.05, 0.1) is 13.2 Å². The average Bonchev–Trinajstić information content (AvgIpc) is 3.02. The second-order valence-electron chi connectivity index (χ2n) is 6.60. The standard InChI is InChI=1S/C17H28N4O.ClH/c1-21(2)17-13(5-4-8-19-17)11-20-15-7-3-6-14(15)16-12-22-10-9-18-16;/h4-5,8,14-16,18,20H,3,6-7,9-12H2,1-2H3;1H. The third-order valence-electron chi connectivity index (χ3n) is 4.88. The van der Waals surface area contributed by atoms with E-state index in [1.165, 1.54) is 24.8 Å². The van der Waals surface area contributed by atoms with E-state index in [0.29, 0.717) is 18.0 Å². The molecule has 2 fully saturated rings. The molecular weight excluding hydrogens is 312 g/mol. The van der Waals surface area contributed by atoms with E-state index in [4.69, 9.17) is 4.74 Å². The molecule has 2 aliphatic rings. The van der Waals surface area contributed by atoms with Crippen molar-refractivity contribution in [2.45, 2.75) is 37.9 Å². The van der Waals surface area contributed by atoms with Crippen LogP contribution in [-0.2, 0) is 11.3 Å². The first kappa shape index (κ1) is 18.5. The van der Waals surface area contributed by atoms with Gasteiger partial charge in [0, 0.05) is 51.0 Å². The van der Waals surface area contributed by atoms with E-state index < -0.39 is 0 Å². The highest BCUT2D eigenvalue weighted by Crippen LogP contribution is 2.30. The lowest BCUT2D eigenvalue weighted by atomic mass is 9.94. The maximum Gasteiger partial charge on any atom is 0.132 e. The maximum absolute atomic E-state index is 5.65. The van der Waals surface area contributed by atoms with Gasteiger partial charge in [0.1, 0.15) is 5.82 Å². The van der Waals surface area contributed by atoms with Crippen LogP contribution in [-0.4, -0.2) is 50.9 Å². The van der Waals surface area contributed by atoms with Crippen molar-refractivity contribution >= 4 is 18.2 Å². The highest BCUT2D eigenvalue weighted by Gasteiger charge is 2.34. The molecule has 0 bridgehead atoms. The second-order valence-corrected chi connectivity index (χ2v) is 6.60. The smallest absolute Gasteiger partial charge is 0.132 e. The van der Waals surface area contributed by atoms with E-state index >= 15 is 0 Å². The summed E-state index contributed by atoms with van der Waals surface area (Å²) in [6.45, 7) is 3.58. The molecule has 3 atom stereocenters. The largest absolute Gasteiger partial charge is 0.379 e. The Bertz CT molecular complexity index is 479. The van der Waals surface area contributed by atoms with Gasteiger partial charge in [-0.05, 0) is 24.8 Å². The monoisotopic (exact) mass is 340 g/mol. The first-order valence-electron chi connectivity index (χ1n) is 8.41. The number of hydrogen-bond acceptors (Lipinski definition) is 5. The Morgan fingerprint density at radius 2 is 2.26 bits per heavy atom. The van der Waals surface area contributed by atoms with Crippen LogP contribution in [0.3, 0.4) is 0 Å². The van der Waals surface area contributed by atoms with E-state index in [2.05, 4.69) is 26.6 Å². The van der Waals surface area contributed by atoms with Crippen LogP contribution in [0.4, 0.5) is 5.82 Å². The second kappa shape index (κ2) is 8.83. The van der Waals surface area contributed by atoms with Gasteiger partial charge in [0.2, 0.25) is 0 Å².